The second kappa shape index (κ2) is 2.12. The van der Waals surface area contributed by atoms with Crippen LogP contribution in [-0.2, 0) is 5.60 Å². The first-order valence-electron chi connectivity index (χ1n) is 2.63. The molecule has 4 heteroatoms. The first-order valence-corrected chi connectivity index (χ1v) is 2.63. The van der Waals surface area contributed by atoms with Crippen LogP contribution < -0.4 is 0 Å². The second-order valence-electron chi connectivity index (χ2n) is 1.96. The van der Waals surface area contributed by atoms with Gasteiger partial charge in [0, 0.05) is 0 Å². The molecule has 0 bridgehead atoms. The average molecular weight is 138 g/mol. The fraction of sp³-hybridized carbons (Fsp3) is 0.333. The lowest BCUT2D eigenvalue weighted by Gasteiger charge is -2.08. The molecule has 52 valence electrons. The fourth-order valence-electron chi connectivity index (χ4n) is 0.447. The molecule has 1 aromatic heterocycles. The third kappa shape index (κ3) is 0.993. The minimum absolute atomic E-state index is 0.0370. The smallest absolute Gasteiger partial charge is 0.260 e. The van der Waals surface area contributed by atoms with Gasteiger partial charge in [-0.25, -0.2) is 0 Å². The van der Waals surface area contributed by atoms with Crippen molar-refractivity contribution in [3.8, 4) is 12.3 Å². The van der Waals surface area contributed by atoms with E-state index in [1.165, 1.54) is 6.92 Å². The number of nitrogens with zero attached hydrogens (tertiary/aromatic N) is 2. The van der Waals surface area contributed by atoms with Crippen molar-refractivity contribution in [2.45, 2.75) is 12.5 Å². The summed E-state index contributed by atoms with van der Waals surface area (Å²) in [6, 6.07) is 0. The first-order chi connectivity index (χ1) is 4.67. The number of hydrogen-bond donors (Lipinski definition) is 1. The highest BCUT2D eigenvalue weighted by molar-refractivity contribution is 5.12. The molecule has 0 radical (unpaired) electrons. The lowest BCUT2D eigenvalue weighted by molar-refractivity contribution is 0.0893. The summed E-state index contributed by atoms with van der Waals surface area (Å²) in [5.74, 6) is 2.14. The molecule has 0 saturated carbocycles. The molecule has 4 nitrogen and oxygen atoms in total. The zero-order chi connectivity index (χ0) is 7.61. The number of aromatic nitrogens is 2. The van der Waals surface area contributed by atoms with E-state index in [2.05, 4.69) is 20.5 Å². The van der Waals surface area contributed by atoms with Crippen LogP contribution in [0.25, 0.3) is 0 Å². The molecule has 0 fully saturated rings. The van der Waals surface area contributed by atoms with E-state index in [1.807, 2.05) is 0 Å². The molecule has 0 unspecified atom stereocenters. The van der Waals surface area contributed by atoms with E-state index in [1.54, 1.807) is 0 Å². The van der Waals surface area contributed by atoms with Crippen LogP contribution in [0.1, 0.15) is 12.8 Å². The minimum Gasteiger partial charge on any atom is -0.424 e. The van der Waals surface area contributed by atoms with Gasteiger partial charge >= 0.3 is 0 Å². The molecule has 0 aliphatic rings. The Morgan fingerprint density at radius 3 is 3.00 bits per heavy atom. The molecule has 0 saturated heterocycles. The van der Waals surface area contributed by atoms with Gasteiger partial charge in [0.05, 0.1) is 0 Å². The van der Waals surface area contributed by atoms with Crippen molar-refractivity contribution >= 4 is 0 Å². The summed E-state index contributed by atoms with van der Waals surface area (Å²) in [5, 5.41) is 16.1. The summed E-state index contributed by atoms with van der Waals surface area (Å²) < 4.78 is 4.67. The Morgan fingerprint density at radius 2 is 2.60 bits per heavy atom. The van der Waals surface area contributed by atoms with E-state index in [0.717, 1.165) is 6.39 Å². The Labute approximate surface area is 57.9 Å². The third-order valence-corrected chi connectivity index (χ3v) is 1.06. The molecular formula is C6H6N2O2. The molecule has 1 aromatic rings. The van der Waals surface area contributed by atoms with Crippen LogP contribution in [0.15, 0.2) is 10.8 Å². The Kier molecular flexibility index (Phi) is 1.44. The van der Waals surface area contributed by atoms with Crippen molar-refractivity contribution in [2.24, 2.45) is 0 Å². The summed E-state index contributed by atoms with van der Waals surface area (Å²) in [6.07, 6.45) is 6.08. The number of aliphatic hydroxyl groups is 1. The van der Waals surface area contributed by atoms with Crippen LogP contribution in [0.4, 0.5) is 0 Å². The average Bonchev–Trinajstić information content (AvgIpc) is 2.38. The Hall–Kier alpha value is -1.34. The van der Waals surface area contributed by atoms with Gasteiger partial charge in [-0.2, -0.15) is 0 Å². The maximum Gasteiger partial charge on any atom is 0.260 e. The highest BCUT2D eigenvalue weighted by Gasteiger charge is 2.25. The molecular weight excluding hydrogens is 132 g/mol. The first kappa shape index (κ1) is 6.78. The monoisotopic (exact) mass is 138 g/mol. The predicted molar refractivity (Wildman–Crippen MR) is 32.7 cm³/mol. The Bertz CT molecular complexity index is 245. The normalized spacial score (nSPS) is 15.7. The number of hydrogen-bond acceptors (Lipinski definition) is 4. The largest absolute Gasteiger partial charge is 0.424 e. The predicted octanol–water partition coefficient (Wildman–Crippen LogP) is -0.0897. The van der Waals surface area contributed by atoms with E-state index >= 15 is 0 Å². The van der Waals surface area contributed by atoms with Gasteiger partial charge in [0.15, 0.2) is 0 Å². The topological polar surface area (TPSA) is 59.2 Å². The van der Waals surface area contributed by atoms with E-state index in [-0.39, 0.29) is 5.89 Å². The summed E-state index contributed by atoms with van der Waals surface area (Å²) in [4.78, 5) is 0. The van der Waals surface area contributed by atoms with Crippen LogP contribution in [0, 0.1) is 12.3 Å². The summed E-state index contributed by atoms with van der Waals surface area (Å²) in [7, 11) is 0. The number of terminal acetylenes is 1. The Morgan fingerprint density at radius 1 is 1.90 bits per heavy atom. The SMILES string of the molecule is C#C[C@](C)(O)c1nnco1. The van der Waals surface area contributed by atoms with Crippen LogP contribution >= 0.6 is 0 Å². The molecule has 0 amide bonds. The third-order valence-electron chi connectivity index (χ3n) is 1.06. The minimum atomic E-state index is -1.45. The maximum absolute atomic E-state index is 9.25. The second-order valence-corrected chi connectivity index (χ2v) is 1.96. The van der Waals surface area contributed by atoms with Crippen LogP contribution in [0.3, 0.4) is 0 Å². The molecule has 1 heterocycles. The molecule has 0 aliphatic carbocycles. The fourth-order valence-corrected chi connectivity index (χ4v) is 0.447. The van der Waals surface area contributed by atoms with E-state index < -0.39 is 5.60 Å². The van der Waals surface area contributed by atoms with Crippen molar-refractivity contribution in [1.29, 1.82) is 0 Å². The van der Waals surface area contributed by atoms with Gasteiger partial charge in [-0.3, -0.25) is 0 Å². The van der Waals surface area contributed by atoms with E-state index in [0.29, 0.717) is 0 Å². The molecule has 1 N–H and O–H groups in total. The van der Waals surface area contributed by atoms with Gasteiger partial charge in [-0.05, 0) is 6.92 Å². The van der Waals surface area contributed by atoms with Gasteiger partial charge in [-0.15, -0.1) is 16.6 Å². The molecule has 0 spiro atoms. The van der Waals surface area contributed by atoms with Gasteiger partial charge in [-0.1, -0.05) is 5.92 Å². The van der Waals surface area contributed by atoms with E-state index in [4.69, 9.17) is 6.42 Å². The number of rotatable bonds is 1. The quantitative estimate of drug-likeness (QED) is 0.551. The molecule has 1 atom stereocenters. The van der Waals surface area contributed by atoms with Crippen molar-refractivity contribution in [1.82, 2.24) is 10.2 Å². The summed E-state index contributed by atoms with van der Waals surface area (Å²) in [5.41, 5.74) is -1.45. The summed E-state index contributed by atoms with van der Waals surface area (Å²) in [6.45, 7) is 1.40. The maximum atomic E-state index is 9.25. The van der Waals surface area contributed by atoms with Crippen LogP contribution in [0.5, 0.6) is 0 Å². The zero-order valence-electron chi connectivity index (χ0n) is 5.40. The van der Waals surface area contributed by atoms with Crippen molar-refractivity contribution in [2.75, 3.05) is 0 Å². The van der Waals surface area contributed by atoms with Crippen molar-refractivity contribution in [3.05, 3.63) is 12.3 Å². The molecule has 1 rings (SSSR count). The van der Waals surface area contributed by atoms with Gasteiger partial charge in [0.2, 0.25) is 12.0 Å². The lowest BCUT2D eigenvalue weighted by atomic mass is 10.1. The van der Waals surface area contributed by atoms with Gasteiger partial charge in [0.25, 0.3) is 5.89 Å². The van der Waals surface area contributed by atoms with E-state index in [9.17, 15) is 5.11 Å². The van der Waals surface area contributed by atoms with Gasteiger partial charge < -0.3 is 9.52 Å². The summed E-state index contributed by atoms with van der Waals surface area (Å²) >= 11 is 0. The Balaban J connectivity index is 2.99. The van der Waals surface area contributed by atoms with Crippen molar-refractivity contribution < 1.29 is 9.52 Å². The van der Waals surface area contributed by atoms with Gasteiger partial charge in [0.1, 0.15) is 0 Å². The lowest BCUT2D eigenvalue weighted by Crippen LogP contribution is -2.18. The standard InChI is InChI=1S/C6H6N2O2/c1-3-6(2,9)5-8-7-4-10-5/h1,4,9H,2H3/t6-/m0/s1. The highest BCUT2D eigenvalue weighted by atomic mass is 16.4. The zero-order valence-corrected chi connectivity index (χ0v) is 5.40. The highest BCUT2D eigenvalue weighted by Crippen LogP contribution is 2.14. The van der Waals surface area contributed by atoms with Crippen molar-refractivity contribution in [3.63, 3.8) is 0 Å². The molecule has 0 aromatic carbocycles. The molecule has 10 heavy (non-hydrogen) atoms. The van der Waals surface area contributed by atoms with Crippen LogP contribution in [0.2, 0.25) is 0 Å². The van der Waals surface area contributed by atoms with Crippen LogP contribution in [-0.4, -0.2) is 15.3 Å². The molecule has 0 aliphatic heterocycles.